The number of hydrogen-bond acceptors (Lipinski definition) is 3. The first-order chi connectivity index (χ1) is 9.18. The second-order valence-corrected chi connectivity index (χ2v) is 6.04. The van der Waals surface area contributed by atoms with Crippen LogP contribution in [0, 0.1) is 5.92 Å². The predicted octanol–water partition coefficient (Wildman–Crippen LogP) is 3.28. The summed E-state index contributed by atoms with van der Waals surface area (Å²) in [5, 5.41) is 0. The number of hydrogen-bond donors (Lipinski definition) is 1. The van der Waals surface area contributed by atoms with Crippen LogP contribution in [0.1, 0.15) is 31.4 Å². The van der Waals surface area contributed by atoms with E-state index in [1.807, 2.05) is 25.1 Å². The lowest BCUT2D eigenvalue weighted by atomic mass is 10.0. The van der Waals surface area contributed by atoms with E-state index < -0.39 is 0 Å². The number of nitrogens with two attached hydrogens (primary N) is 1. The standard InChI is InChI=1S/C15H22BrNO2/c1-11(17)15(13-4-2-3-5-14(13)16)19-10-12-6-8-18-9-7-12/h2-5,11-12,15H,6-10,17H2,1H3. The Balaban J connectivity index is 1.98. The van der Waals surface area contributed by atoms with Gasteiger partial charge in [0.05, 0.1) is 12.7 Å². The summed E-state index contributed by atoms with van der Waals surface area (Å²) in [5.74, 6) is 0.595. The zero-order valence-electron chi connectivity index (χ0n) is 11.3. The quantitative estimate of drug-likeness (QED) is 0.902. The van der Waals surface area contributed by atoms with E-state index >= 15 is 0 Å². The predicted molar refractivity (Wildman–Crippen MR) is 80.0 cm³/mol. The van der Waals surface area contributed by atoms with Crippen molar-refractivity contribution in [3.05, 3.63) is 34.3 Å². The van der Waals surface area contributed by atoms with Gasteiger partial charge in [-0.25, -0.2) is 0 Å². The zero-order chi connectivity index (χ0) is 13.7. The molecule has 0 bridgehead atoms. The SMILES string of the molecule is CC(N)C(OCC1CCOCC1)c1ccccc1Br. The molecule has 1 aromatic rings. The third kappa shape index (κ3) is 4.28. The number of benzene rings is 1. The van der Waals surface area contributed by atoms with Crippen molar-refractivity contribution in [2.45, 2.75) is 31.9 Å². The van der Waals surface area contributed by atoms with E-state index in [0.717, 1.165) is 42.7 Å². The Morgan fingerprint density at radius 2 is 2.05 bits per heavy atom. The van der Waals surface area contributed by atoms with E-state index in [9.17, 15) is 0 Å². The van der Waals surface area contributed by atoms with Crippen LogP contribution in [0.4, 0.5) is 0 Å². The molecule has 2 N–H and O–H groups in total. The molecule has 2 unspecified atom stereocenters. The van der Waals surface area contributed by atoms with Gasteiger partial charge in [-0.3, -0.25) is 0 Å². The Hall–Kier alpha value is -0.420. The molecule has 0 spiro atoms. The lowest BCUT2D eigenvalue weighted by Crippen LogP contribution is -2.30. The molecular weight excluding hydrogens is 306 g/mol. The number of halogens is 1. The van der Waals surface area contributed by atoms with Gasteiger partial charge in [-0.05, 0) is 37.3 Å². The number of ether oxygens (including phenoxy) is 2. The summed E-state index contributed by atoms with van der Waals surface area (Å²) >= 11 is 3.58. The molecule has 0 aromatic heterocycles. The van der Waals surface area contributed by atoms with Crippen molar-refractivity contribution in [1.82, 2.24) is 0 Å². The van der Waals surface area contributed by atoms with Crippen molar-refractivity contribution in [3.63, 3.8) is 0 Å². The zero-order valence-corrected chi connectivity index (χ0v) is 12.9. The largest absolute Gasteiger partial charge is 0.381 e. The maximum atomic E-state index is 6.10. The Kier molecular flexibility index (Phi) is 5.82. The third-order valence-corrected chi connectivity index (χ3v) is 4.26. The summed E-state index contributed by atoms with van der Waals surface area (Å²) in [6.07, 6.45) is 2.11. The molecule has 0 saturated carbocycles. The van der Waals surface area contributed by atoms with E-state index in [2.05, 4.69) is 22.0 Å². The molecule has 4 heteroatoms. The minimum absolute atomic E-state index is 0.0291. The fraction of sp³-hybridized carbons (Fsp3) is 0.600. The molecule has 1 saturated heterocycles. The Labute approximate surface area is 123 Å². The summed E-state index contributed by atoms with van der Waals surface area (Å²) in [5.41, 5.74) is 7.21. The van der Waals surface area contributed by atoms with Gasteiger partial charge in [0.1, 0.15) is 0 Å². The molecule has 2 rings (SSSR count). The fourth-order valence-corrected chi connectivity index (χ4v) is 2.89. The van der Waals surface area contributed by atoms with Crippen LogP contribution in [0.15, 0.2) is 28.7 Å². The fourth-order valence-electron chi connectivity index (χ4n) is 2.38. The van der Waals surface area contributed by atoms with Crippen molar-refractivity contribution >= 4 is 15.9 Å². The van der Waals surface area contributed by atoms with Gasteiger partial charge in [0.25, 0.3) is 0 Å². The van der Waals surface area contributed by atoms with Crippen LogP contribution in [0.2, 0.25) is 0 Å². The Morgan fingerprint density at radius 1 is 1.37 bits per heavy atom. The molecule has 1 fully saturated rings. The van der Waals surface area contributed by atoms with Gasteiger partial charge in [-0.2, -0.15) is 0 Å². The highest BCUT2D eigenvalue weighted by Crippen LogP contribution is 2.29. The normalized spacial score (nSPS) is 20.2. The summed E-state index contributed by atoms with van der Waals surface area (Å²) < 4.78 is 12.5. The van der Waals surface area contributed by atoms with Gasteiger partial charge in [0.15, 0.2) is 0 Å². The minimum Gasteiger partial charge on any atom is -0.381 e. The van der Waals surface area contributed by atoms with Gasteiger partial charge in [0, 0.05) is 23.7 Å². The lowest BCUT2D eigenvalue weighted by Gasteiger charge is -2.27. The smallest absolute Gasteiger partial charge is 0.0983 e. The van der Waals surface area contributed by atoms with Crippen molar-refractivity contribution in [2.24, 2.45) is 11.7 Å². The summed E-state index contributed by atoms with van der Waals surface area (Å²) in [7, 11) is 0. The summed E-state index contributed by atoms with van der Waals surface area (Å²) in [6, 6.07) is 8.10. The van der Waals surface area contributed by atoms with Crippen molar-refractivity contribution < 1.29 is 9.47 Å². The molecule has 3 nitrogen and oxygen atoms in total. The summed E-state index contributed by atoms with van der Waals surface area (Å²) in [6.45, 7) is 4.46. The molecule has 106 valence electrons. The average Bonchev–Trinajstić information content (AvgIpc) is 2.42. The van der Waals surface area contributed by atoms with Gasteiger partial charge >= 0.3 is 0 Å². The molecule has 1 aliphatic rings. The number of rotatable bonds is 5. The highest BCUT2D eigenvalue weighted by atomic mass is 79.9. The van der Waals surface area contributed by atoms with E-state index in [0.29, 0.717) is 5.92 Å². The third-order valence-electron chi connectivity index (χ3n) is 3.54. The van der Waals surface area contributed by atoms with Crippen molar-refractivity contribution in [1.29, 1.82) is 0 Å². The first-order valence-electron chi connectivity index (χ1n) is 6.88. The Morgan fingerprint density at radius 3 is 2.68 bits per heavy atom. The van der Waals surface area contributed by atoms with Crippen LogP contribution < -0.4 is 5.73 Å². The molecular formula is C15H22BrNO2. The van der Waals surface area contributed by atoms with Crippen molar-refractivity contribution in [2.75, 3.05) is 19.8 Å². The maximum Gasteiger partial charge on any atom is 0.0983 e. The second-order valence-electron chi connectivity index (χ2n) is 5.19. The molecule has 2 atom stereocenters. The van der Waals surface area contributed by atoms with E-state index in [1.54, 1.807) is 0 Å². The van der Waals surface area contributed by atoms with Crippen molar-refractivity contribution in [3.8, 4) is 0 Å². The molecule has 1 heterocycles. The highest BCUT2D eigenvalue weighted by Gasteiger charge is 2.22. The van der Waals surface area contributed by atoms with E-state index in [4.69, 9.17) is 15.2 Å². The molecule has 0 amide bonds. The lowest BCUT2D eigenvalue weighted by molar-refractivity contribution is -0.0190. The average molecular weight is 328 g/mol. The van der Waals surface area contributed by atoms with Gasteiger partial charge in [-0.1, -0.05) is 34.1 Å². The monoisotopic (exact) mass is 327 g/mol. The van der Waals surface area contributed by atoms with E-state index in [-0.39, 0.29) is 12.1 Å². The minimum atomic E-state index is -0.0570. The van der Waals surface area contributed by atoms with Gasteiger partial charge < -0.3 is 15.2 Å². The van der Waals surface area contributed by atoms with E-state index in [1.165, 1.54) is 0 Å². The Bertz CT molecular complexity index is 391. The van der Waals surface area contributed by atoms with Crippen LogP contribution >= 0.6 is 15.9 Å². The summed E-state index contributed by atoms with van der Waals surface area (Å²) in [4.78, 5) is 0. The topological polar surface area (TPSA) is 44.5 Å². The van der Waals surface area contributed by atoms with Crippen LogP contribution in [0.5, 0.6) is 0 Å². The van der Waals surface area contributed by atoms with Crippen LogP contribution in [-0.2, 0) is 9.47 Å². The molecule has 19 heavy (non-hydrogen) atoms. The van der Waals surface area contributed by atoms with Gasteiger partial charge in [-0.15, -0.1) is 0 Å². The van der Waals surface area contributed by atoms with Crippen LogP contribution in [0.25, 0.3) is 0 Å². The van der Waals surface area contributed by atoms with Gasteiger partial charge in [0.2, 0.25) is 0 Å². The molecule has 0 aliphatic carbocycles. The highest BCUT2D eigenvalue weighted by molar-refractivity contribution is 9.10. The van der Waals surface area contributed by atoms with Crippen LogP contribution in [0.3, 0.4) is 0 Å². The van der Waals surface area contributed by atoms with Crippen LogP contribution in [-0.4, -0.2) is 25.9 Å². The first kappa shape index (κ1) is 15.0. The molecule has 1 aliphatic heterocycles. The maximum absolute atomic E-state index is 6.10. The molecule has 1 aromatic carbocycles. The second kappa shape index (κ2) is 7.39. The first-order valence-corrected chi connectivity index (χ1v) is 7.67. The molecule has 0 radical (unpaired) electrons.